The van der Waals surface area contributed by atoms with Crippen molar-refractivity contribution in [2.24, 2.45) is 11.1 Å². The SMILES string of the molecule is CN(CC(C)(C)CN)C(=O)Cc1cccc(O)c1. The molecule has 0 saturated heterocycles. The van der Waals surface area contributed by atoms with E-state index in [0.717, 1.165) is 5.56 Å². The molecule has 0 aliphatic carbocycles. The van der Waals surface area contributed by atoms with Crippen molar-refractivity contribution >= 4 is 5.91 Å². The third kappa shape index (κ3) is 4.37. The predicted octanol–water partition coefficient (Wildman–Crippen LogP) is 1.38. The zero-order valence-electron chi connectivity index (χ0n) is 11.3. The van der Waals surface area contributed by atoms with E-state index in [2.05, 4.69) is 0 Å². The van der Waals surface area contributed by atoms with Crippen LogP contribution in [0.4, 0.5) is 0 Å². The molecule has 0 aromatic heterocycles. The summed E-state index contributed by atoms with van der Waals surface area (Å²) < 4.78 is 0. The maximum atomic E-state index is 12.0. The van der Waals surface area contributed by atoms with Crippen LogP contribution in [-0.4, -0.2) is 36.1 Å². The zero-order valence-corrected chi connectivity index (χ0v) is 11.3. The molecule has 0 aliphatic heterocycles. The molecule has 0 unspecified atom stereocenters. The Bertz CT molecular complexity index is 416. The Morgan fingerprint density at radius 3 is 2.67 bits per heavy atom. The molecule has 0 atom stereocenters. The van der Waals surface area contributed by atoms with Gasteiger partial charge in [-0.1, -0.05) is 26.0 Å². The van der Waals surface area contributed by atoms with Crippen molar-refractivity contribution in [3.63, 3.8) is 0 Å². The van der Waals surface area contributed by atoms with E-state index in [1.54, 1.807) is 30.1 Å². The van der Waals surface area contributed by atoms with Crippen molar-refractivity contribution in [2.75, 3.05) is 20.1 Å². The summed E-state index contributed by atoms with van der Waals surface area (Å²) >= 11 is 0. The predicted molar refractivity (Wildman–Crippen MR) is 72.3 cm³/mol. The summed E-state index contributed by atoms with van der Waals surface area (Å²) in [7, 11) is 1.78. The first-order chi connectivity index (χ1) is 8.34. The van der Waals surface area contributed by atoms with Crippen molar-refractivity contribution in [1.29, 1.82) is 0 Å². The van der Waals surface area contributed by atoms with E-state index in [1.807, 2.05) is 19.9 Å². The second-order valence-electron chi connectivity index (χ2n) is 5.46. The average Bonchev–Trinajstić information content (AvgIpc) is 2.28. The van der Waals surface area contributed by atoms with Gasteiger partial charge in [0, 0.05) is 13.6 Å². The summed E-state index contributed by atoms with van der Waals surface area (Å²) in [6.07, 6.45) is 0.297. The third-order valence-corrected chi connectivity index (χ3v) is 2.91. The van der Waals surface area contributed by atoms with E-state index in [0.29, 0.717) is 19.5 Å². The highest BCUT2D eigenvalue weighted by Gasteiger charge is 2.21. The lowest BCUT2D eigenvalue weighted by Gasteiger charge is -2.29. The van der Waals surface area contributed by atoms with Crippen LogP contribution in [0.5, 0.6) is 5.75 Å². The molecular weight excluding hydrogens is 228 g/mol. The van der Waals surface area contributed by atoms with Crippen LogP contribution in [-0.2, 0) is 11.2 Å². The fourth-order valence-electron chi connectivity index (χ4n) is 1.77. The number of amides is 1. The molecule has 0 bridgehead atoms. The first-order valence-corrected chi connectivity index (χ1v) is 6.06. The van der Waals surface area contributed by atoms with Gasteiger partial charge in [0.15, 0.2) is 0 Å². The number of aromatic hydroxyl groups is 1. The Balaban J connectivity index is 2.60. The highest BCUT2D eigenvalue weighted by Crippen LogP contribution is 2.16. The van der Waals surface area contributed by atoms with Gasteiger partial charge in [-0.3, -0.25) is 4.79 Å². The molecule has 0 radical (unpaired) electrons. The average molecular weight is 250 g/mol. The molecular formula is C14H22N2O2. The van der Waals surface area contributed by atoms with Crippen LogP contribution >= 0.6 is 0 Å². The lowest BCUT2D eigenvalue weighted by Crippen LogP contribution is -2.40. The van der Waals surface area contributed by atoms with Gasteiger partial charge in [0.05, 0.1) is 6.42 Å². The van der Waals surface area contributed by atoms with Crippen molar-refractivity contribution in [3.05, 3.63) is 29.8 Å². The molecule has 1 aromatic carbocycles. The van der Waals surface area contributed by atoms with Crippen molar-refractivity contribution in [2.45, 2.75) is 20.3 Å². The van der Waals surface area contributed by atoms with Crippen LogP contribution in [0.2, 0.25) is 0 Å². The molecule has 1 aromatic rings. The highest BCUT2D eigenvalue weighted by atomic mass is 16.3. The topological polar surface area (TPSA) is 66.6 Å². The minimum atomic E-state index is -0.0801. The summed E-state index contributed by atoms with van der Waals surface area (Å²) in [5.41, 5.74) is 6.39. The zero-order chi connectivity index (χ0) is 13.8. The monoisotopic (exact) mass is 250 g/mol. The largest absolute Gasteiger partial charge is 0.508 e. The normalized spacial score (nSPS) is 11.3. The molecule has 1 rings (SSSR count). The fourth-order valence-corrected chi connectivity index (χ4v) is 1.77. The standard InChI is InChI=1S/C14H22N2O2/c1-14(2,9-15)10-16(3)13(18)8-11-5-4-6-12(17)7-11/h4-7,17H,8-10,15H2,1-3H3. The Morgan fingerprint density at radius 1 is 1.44 bits per heavy atom. The molecule has 0 saturated carbocycles. The van der Waals surface area contributed by atoms with Crippen LogP contribution in [0.15, 0.2) is 24.3 Å². The van der Waals surface area contributed by atoms with E-state index >= 15 is 0 Å². The summed E-state index contributed by atoms with van der Waals surface area (Å²) in [6.45, 7) is 5.23. The minimum absolute atomic E-state index is 0.0297. The minimum Gasteiger partial charge on any atom is -0.508 e. The van der Waals surface area contributed by atoms with E-state index in [4.69, 9.17) is 5.73 Å². The number of benzene rings is 1. The number of carbonyl (C=O) groups is 1. The quantitative estimate of drug-likeness (QED) is 0.829. The van der Waals surface area contributed by atoms with E-state index < -0.39 is 0 Å². The van der Waals surface area contributed by atoms with Gasteiger partial charge in [-0.25, -0.2) is 0 Å². The lowest BCUT2D eigenvalue weighted by molar-refractivity contribution is -0.130. The van der Waals surface area contributed by atoms with E-state index in [9.17, 15) is 9.90 Å². The van der Waals surface area contributed by atoms with Crippen LogP contribution in [0.1, 0.15) is 19.4 Å². The highest BCUT2D eigenvalue weighted by molar-refractivity contribution is 5.78. The Morgan fingerprint density at radius 2 is 2.11 bits per heavy atom. The van der Waals surface area contributed by atoms with Gasteiger partial charge in [0.1, 0.15) is 5.75 Å². The van der Waals surface area contributed by atoms with Gasteiger partial charge in [-0.05, 0) is 29.7 Å². The Kier molecular flexibility index (Phi) is 4.73. The number of nitrogens with zero attached hydrogens (tertiary/aromatic N) is 1. The summed E-state index contributed by atoms with van der Waals surface area (Å²) in [5, 5.41) is 9.35. The number of likely N-dealkylation sites (N-methyl/N-ethyl adjacent to an activating group) is 1. The molecule has 4 nitrogen and oxygen atoms in total. The molecule has 3 N–H and O–H groups in total. The Labute approximate surface area is 108 Å². The van der Waals surface area contributed by atoms with Gasteiger partial charge >= 0.3 is 0 Å². The number of hydrogen-bond donors (Lipinski definition) is 2. The maximum Gasteiger partial charge on any atom is 0.226 e. The summed E-state index contributed by atoms with van der Waals surface area (Å²) in [5.74, 6) is 0.215. The molecule has 0 spiro atoms. The number of phenols is 1. The molecule has 0 aliphatic rings. The Hall–Kier alpha value is -1.55. The van der Waals surface area contributed by atoms with Gasteiger partial charge in [-0.15, -0.1) is 0 Å². The van der Waals surface area contributed by atoms with Gasteiger partial charge in [0.25, 0.3) is 0 Å². The molecule has 1 amide bonds. The molecule has 4 heteroatoms. The van der Waals surface area contributed by atoms with E-state index in [1.165, 1.54) is 0 Å². The molecule has 18 heavy (non-hydrogen) atoms. The first-order valence-electron chi connectivity index (χ1n) is 6.06. The van der Waals surface area contributed by atoms with E-state index in [-0.39, 0.29) is 17.1 Å². The smallest absolute Gasteiger partial charge is 0.226 e. The lowest BCUT2D eigenvalue weighted by atomic mass is 9.93. The molecule has 0 fully saturated rings. The summed E-state index contributed by atoms with van der Waals surface area (Å²) in [4.78, 5) is 13.7. The van der Waals surface area contributed by atoms with Crippen LogP contribution < -0.4 is 5.73 Å². The van der Waals surface area contributed by atoms with Crippen molar-refractivity contribution in [1.82, 2.24) is 4.90 Å². The summed E-state index contributed by atoms with van der Waals surface area (Å²) in [6, 6.07) is 6.77. The van der Waals surface area contributed by atoms with Crippen molar-refractivity contribution in [3.8, 4) is 5.75 Å². The fraction of sp³-hybridized carbons (Fsp3) is 0.500. The number of carbonyl (C=O) groups excluding carboxylic acids is 1. The van der Waals surface area contributed by atoms with Crippen LogP contribution in [0.3, 0.4) is 0 Å². The first kappa shape index (κ1) is 14.5. The number of hydrogen-bond acceptors (Lipinski definition) is 3. The second-order valence-corrected chi connectivity index (χ2v) is 5.46. The molecule has 0 heterocycles. The van der Waals surface area contributed by atoms with Crippen LogP contribution in [0.25, 0.3) is 0 Å². The maximum absolute atomic E-state index is 12.0. The number of nitrogens with two attached hydrogens (primary N) is 1. The van der Waals surface area contributed by atoms with Crippen LogP contribution in [0, 0.1) is 5.41 Å². The van der Waals surface area contributed by atoms with Gasteiger partial charge < -0.3 is 15.7 Å². The number of phenolic OH excluding ortho intramolecular Hbond substituents is 1. The number of rotatable bonds is 5. The molecule has 100 valence electrons. The van der Waals surface area contributed by atoms with Gasteiger partial charge in [-0.2, -0.15) is 0 Å². The second kappa shape index (κ2) is 5.87. The van der Waals surface area contributed by atoms with Crippen molar-refractivity contribution < 1.29 is 9.90 Å². The van der Waals surface area contributed by atoms with Gasteiger partial charge in [0.2, 0.25) is 5.91 Å². The third-order valence-electron chi connectivity index (χ3n) is 2.91.